The number of aromatic nitrogens is 1. The monoisotopic (exact) mass is 486 g/mol. The van der Waals surface area contributed by atoms with Crippen molar-refractivity contribution in [3.8, 4) is 11.3 Å². The van der Waals surface area contributed by atoms with Crippen LogP contribution in [0.25, 0.3) is 11.3 Å². The quantitative estimate of drug-likeness (QED) is 0.370. The van der Waals surface area contributed by atoms with Crippen LogP contribution in [0.1, 0.15) is 40.1 Å². The van der Waals surface area contributed by atoms with Crippen molar-refractivity contribution >= 4 is 17.5 Å². The van der Waals surface area contributed by atoms with Gasteiger partial charge in [0, 0.05) is 18.7 Å². The highest BCUT2D eigenvalue weighted by Gasteiger charge is 2.42. The summed E-state index contributed by atoms with van der Waals surface area (Å²) in [7, 11) is 0. The van der Waals surface area contributed by atoms with Crippen LogP contribution >= 0.6 is 11.6 Å². The zero-order valence-corrected chi connectivity index (χ0v) is 20.3. The first-order chi connectivity index (χ1) is 17.0. The maximum Gasteiger partial charge on any atom is 0.259 e. The molecule has 0 saturated carbocycles. The van der Waals surface area contributed by atoms with Crippen molar-refractivity contribution < 1.29 is 14.4 Å². The molecule has 1 aromatic heterocycles. The Kier molecular flexibility index (Phi) is 6.46. The third kappa shape index (κ3) is 4.26. The van der Waals surface area contributed by atoms with Gasteiger partial charge < -0.3 is 14.5 Å². The van der Waals surface area contributed by atoms with Gasteiger partial charge >= 0.3 is 0 Å². The Hall–Kier alpha value is -3.41. The molecule has 5 nitrogen and oxygen atoms in total. The number of aliphatic hydroxyl groups is 1. The lowest BCUT2D eigenvalue weighted by atomic mass is 9.72. The molecule has 0 aliphatic carbocycles. The smallest absolute Gasteiger partial charge is 0.259 e. The summed E-state index contributed by atoms with van der Waals surface area (Å²) >= 11 is 6.38. The molecule has 0 atom stereocenters. The van der Waals surface area contributed by atoms with Crippen LogP contribution in [0.5, 0.6) is 0 Å². The predicted octanol–water partition coefficient (Wildman–Crippen LogP) is 6.09. The van der Waals surface area contributed by atoms with Crippen LogP contribution in [-0.2, 0) is 5.60 Å². The average Bonchev–Trinajstić information content (AvgIpc) is 3.30. The van der Waals surface area contributed by atoms with E-state index in [-0.39, 0.29) is 11.8 Å². The molecular formula is C29H27ClN2O3. The Labute approximate surface area is 210 Å². The van der Waals surface area contributed by atoms with Crippen molar-refractivity contribution in [1.29, 1.82) is 0 Å². The summed E-state index contributed by atoms with van der Waals surface area (Å²) in [4.78, 5) is 15.4. The van der Waals surface area contributed by atoms with E-state index in [0.717, 1.165) is 11.1 Å². The first kappa shape index (κ1) is 23.3. The molecule has 3 aromatic carbocycles. The number of halogens is 1. The van der Waals surface area contributed by atoms with E-state index in [1.54, 1.807) is 13.0 Å². The van der Waals surface area contributed by atoms with Crippen LogP contribution in [0.2, 0.25) is 5.02 Å². The molecule has 1 saturated heterocycles. The highest BCUT2D eigenvalue weighted by Crippen LogP contribution is 2.42. The average molecular weight is 487 g/mol. The number of amides is 1. The standard InChI is InChI=1S/C29H27ClN2O3/c1-20-26(27(31-35-20)24-14-8-9-15-25(24)30)28(33)32-18-16-23(17-19-32)29(34,21-10-4-2-5-11-21)22-12-6-3-7-13-22/h2-15,23,34H,16-19H2,1H3. The second kappa shape index (κ2) is 9.68. The maximum absolute atomic E-state index is 13.6. The molecule has 0 bridgehead atoms. The molecule has 1 aliphatic heterocycles. The Bertz CT molecular complexity index is 1270. The zero-order valence-electron chi connectivity index (χ0n) is 19.5. The summed E-state index contributed by atoms with van der Waals surface area (Å²) in [6, 6.07) is 26.9. The van der Waals surface area contributed by atoms with Gasteiger partial charge in [-0.25, -0.2) is 0 Å². The van der Waals surface area contributed by atoms with Crippen LogP contribution < -0.4 is 0 Å². The Morgan fingerprint density at radius 2 is 1.49 bits per heavy atom. The van der Waals surface area contributed by atoms with Crippen molar-refractivity contribution in [3.63, 3.8) is 0 Å². The third-order valence-corrected chi connectivity index (χ3v) is 7.34. The lowest BCUT2D eigenvalue weighted by Crippen LogP contribution is -2.46. The summed E-state index contributed by atoms with van der Waals surface area (Å²) in [5, 5.41) is 16.8. The minimum Gasteiger partial charge on any atom is -0.380 e. The SMILES string of the molecule is Cc1onc(-c2ccccc2Cl)c1C(=O)N1CCC(C(O)(c2ccccc2)c2ccccc2)CC1. The molecule has 0 spiro atoms. The summed E-state index contributed by atoms with van der Waals surface area (Å²) in [5.41, 5.74) is 2.18. The normalized spacial score (nSPS) is 14.8. The lowest BCUT2D eigenvalue weighted by Gasteiger charge is -2.42. The number of aryl methyl sites for hydroxylation is 1. The van der Waals surface area contributed by atoms with Gasteiger partial charge in [-0.15, -0.1) is 0 Å². The molecule has 35 heavy (non-hydrogen) atoms. The Morgan fingerprint density at radius 3 is 2.06 bits per heavy atom. The van der Waals surface area contributed by atoms with Crippen molar-refractivity contribution in [2.75, 3.05) is 13.1 Å². The highest BCUT2D eigenvalue weighted by molar-refractivity contribution is 6.33. The fourth-order valence-corrected chi connectivity index (χ4v) is 5.37. The molecule has 5 rings (SSSR count). The molecule has 2 heterocycles. The number of carbonyl (C=O) groups excluding carboxylic acids is 1. The molecule has 1 N–H and O–H groups in total. The van der Waals surface area contributed by atoms with E-state index in [4.69, 9.17) is 16.1 Å². The van der Waals surface area contributed by atoms with Crippen LogP contribution in [0.15, 0.2) is 89.5 Å². The van der Waals surface area contributed by atoms with E-state index in [0.29, 0.717) is 53.5 Å². The number of hydrogen-bond acceptors (Lipinski definition) is 4. The lowest BCUT2D eigenvalue weighted by molar-refractivity contribution is -0.0122. The van der Waals surface area contributed by atoms with Gasteiger partial charge in [0.2, 0.25) is 0 Å². The molecule has 178 valence electrons. The van der Waals surface area contributed by atoms with Gasteiger partial charge in [-0.05, 0) is 42.9 Å². The summed E-state index contributed by atoms with van der Waals surface area (Å²) in [5.74, 6) is 0.306. The van der Waals surface area contributed by atoms with E-state index in [1.165, 1.54) is 0 Å². The van der Waals surface area contributed by atoms with Gasteiger partial charge in [0.1, 0.15) is 22.6 Å². The fraction of sp³-hybridized carbons (Fsp3) is 0.241. The fourth-order valence-electron chi connectivity index (χ4n) is 5.14. The largest absolute Gasteiger partial charge is 0.380 e. The number of rotatable bonds is 5. The van der Waals surface area contributed by atoms with Crippen LogP contribution in [-0.4, -0.2) is 34.2 Å². The minimum atomic E-state index is -1.13. The zero-order chi connectivity index (χ0) is 24.4. The summed E-state index contributed by atoms with van der Waals surface area (Å²) in [6.45, 7) is 2.80. The second-order valence-corrected chi connectivity index (χ2v) is 9.41. The third-order valence-electron chi connectivity index (χ3n) is 7.01. The molecular weight excluding hydrogens is 460 g/mol. The van der Waals surface area contributed by atoms with Crippen molar-refractivity contribution in [3.05, 3.63) is 112 Å². The first-order valence-electron chi connectivity index (χ1n) is 11.8. The summed E-state index contributed by atoms with van der Waals surface area (Å²) in [6.07, 6.45) is 1.33. The van der Waals surface area contributed by atoms with E-state index < -0.39 is 5.60 Å². The number of hydrogen-bond donors (Lipinski definition) is 1. The van der Waals surface area contributed by atoms with Gasteiger partial charge in [0.25, 0.3) is 5.91 Å². The number of likely N-dealkylation sites (tertiary alicyclic amines) is 1. The molecule has 4 aromatic rings. The van der Waals surface area contributed by atoms with E-state index in [1.807, 2.05) is 83.8 Å². The minimum absolute atomic E-state index is 0.0389. The molecule has 1 aliphatic rings. The predicted molar refractivity (Wildman–Crippen MR) is 136 cm³/mol. The van der Waals surface area contributed by atoms with Gasteiger partial charge in [-0.2, -0.15) is 0 Å². The van der Waals surface area contributed by atoms with Crippen molar-refractivity contribution in [2.24, 2.45) is 5.92 Å². The highest BCUT2D eigenvalue weighted by atomic mass is 35.5. The van der Waals surface area contributed by atoms with Crippen LogP contribution in [0.3, 0.4) is 0 Å². The van der Waals surface area contributed by atoms with E-state index in [9.17, 15) is 9.90 Å². The van der Waals surface area contributed by atoms with Crippen LogP contribution in [0, 0.1) is 12.8 Å². The van der Waals surface area contributed by atoms with Gasteiger partial charge in [-0.3, -0.25) is 4.79 Å². The topological polar surface area (TPSA) is 66.6 Å². The van der Waals surface area contributed by atoms with Crippen molar-refractivity contribution in [2.45, 2.75) is 25.4 Å². The molecule has 6 heteroatoms. The molecule has 0 unspecified atom stereocenters. The van der Waals surface area contributed by atoms with Gasteiger partial charge in [0.15, 0.2) is 0 Å². The van der Waals surface area contributed by atoms with Gasteiger partial charge in [-0.1, -0.05) is 95.6 Å². The van der Waals surface area contributed by atoms with E-state index >= 15 is 0 Å². The number of nitrogens with zero attached hydrogens (tertiary/aromatic N) is 2. The Morgan fingerprint density at radius 1 is 0.943 bits per heavy atom. The first-order valence-corrected chi connectivity index (χ1v) is 12.2. The van der Waals surface area contributed by atoms with E-state index in [2.05, 4.69) is 5.16 Å². The van der Waals surface area contributed by atoms with Crippen LogP contribution in [0.4, 0.5) is 0 Å². The van der Waals surface area contributed by atoms with Crippen molar-refractivity contribution in [1.82, 2.24) is 10.1 Å². The van der Waals surface area contributed by atoms with Gasteiger partial charge in [0.05, 0.1) is 5.02 Å². The Balaban J connectivity index is 1.41. The molecule has 1 amide bonds. The second-order valence-electron chi connectivity index (χ2n) is 9.01. The number of benzene rings is 3. The number of carbonyl (C=O) groups is 1. The molecule has 1 fully saturated rings. The maximum atomic E-state index is 13.6. The summed E-state index contributed by atoms with van der Waals surface area (Å²) < 4.78 is 5.41. The number of piperidine rings is 1. The molecule has 0 radical (unpaired) electrons.